The van der Waals surface area contributed by atoms with Gasteiger partial charge in [-0.2, -0.15) is 0 Å². The van der Waals surface area contributed by atoms with Gasteiger partial charge in [0.2, 0.25) is 5.91 Å². The van der Waals surface area contributed by atoms with E-state index in [4.69, 9.17) is 16.3 Å². The van der Waals surface area contributed by atoms with Crippen LogP contribution in [0, 0.1) is 10.1 Å². The van der Waals surface area contributed by atoms with Gasteiger partial charge in [0.05, 0.1) is 10.5 Å². The van der Waals surface area contributed by atoms with Crippen molar-refractivity contribution < 1.29 is 24.0 Å². The van der Waals surface area contributed by atoms with Crippen molar-refractivity contribution in [2.45, 2.75) is 22.6 Å². The SMILES string of the molecule is O=C(OCC(=O)N1CCCC1=O)c1cc([N+](=O)[O-])ccc1Sc1ccc(Cl)cc1. The second kappa shape index (κ2) is 9.06. The smallest absolute Gasteiger partial charge is 0.340 e. The molecule has 8 nitrogen and oxygen atoms in total. The fourth-order valence-corrected chi connectivity index (χ4v) is 3.74. The molecule has 1 aliphatic heterocycles. The standard InChI is InChI=1S/C19H15ClN2O6S/c20-12-3-6-14(7-4-12)29-16-8-5-13(22(26)27)10-15(16)19(25)28-11-18(24)21-9-1-2-17(21)23/h3-8,10H,1-2,9,11H2. The van der Waals surface area contributed by atoms with E-state index in [1.54, 1.807) is 24.3 Å². The number of hydrogen-bond donors (Lipinski definition) is 0. The predicted octanol–water partition coefficient (Wildman–Crippen LogP) is 3.71. The third kappa shape index (κ3) is 5.12. The molecule has 0 atom stereocenters. The number of hydrogen-bond acceptors (Lipinski definition) is 7. The highest BCUT2D eigenvalue weighted by Crippen LogP contribution is 2.33. The Morgan fingerprint density at radius 2 is 1.93 bits per heavy atom. The largest absolute Gasteiger partial charge is 0.452 e. The fraction of sp³-hybridized carbons (Fsp3) is 0.211. The molecule has 2 amide bonds. The van der Waals surface area contributed by atoms with Gasteiger partial charge in [-0.05, 0) is 36.8 Å². The van der Waals surface area contributed by atoms with Gasteiger partial charge in [-0.3, -0.25) is 24.6 Å². The van der Waals surface area contributed by atoms with Crippen LogP contribution in [0.2, 0.25) is 5.02 Å². The number of amides is 2. The van der Waals surface area contributed by atoms with Crippen molar-refractivity contribution in [1.82, 2.24) is 4.90 Å². The lowest BCUT2D eigenvalue weighted by molar-refractivity contribution is -0.384. The number of rotatable bonds is 6. The summed E-state index contributed by atoms with van der Waals surface area (Å²) in [6, 6.07) is 10.7. The van der Waals surface area contributed by atoms with Gasteiger partial charge in [-0.25, -0.2) is 4.79 Å². The van der Waals surface area contributed by atoms with Gasteiger partial charge in [0.15, 0.2) is 6.61 Å². The van der Waals surface area contributed by atoms with Crippen molar-refractivity contribution in [3.05, 3.63) is 63.2 Å². The van der Waals surface area contributed by atoms with E-state index in [0.29, 0.717) is 22.9 Å². The maximum absolute atomic E-state index is 12.6. The number of ether oxygens (including phenoxy) is 1. The van der Waals surface area contributed by atoms with Crippen molar-refractivity contribution in [3.8, 4) is 0 Å². The number of non-ortho nitro benzene ring substituents is 1. The molecule has 1 aliphatic rings. The average Bonchev–Trinajstić information content (AvgIpc) is 3.13. The summed E-state index contributed by atoms with van der Waals surface area (Å²) < 4.78 is 5.04. The number of likely N-dealkylation sites (tertiary alicyclic amines) is 1. The van der Waals surface area contributed by atoms with Crippen molar-refractivity contribution in [2.75, 3.05) is 13.2 Å². The topological polar surface area (TPSA) is 107 Å². The molecule has 2 aromatic rings. The van der Waals surface area contributed by atoms with Crippen molar-refractivity contribution in [2.24, 2.45) is 0 Å². The molecule has 0 spiro atoms. The maximum Gasteiger partial charge on any atom is 0.340 e. The quantitative estimate of drug-likeness (QED) is 0.387. The van der Waals surface area contributed by atoms with E-state index in [-0.39, 0.29) is 23.6 Å². The maximum atomic E-state index is 12.6. The highest BCUT2D eigenvalue weighted by molar-refractivity contribution is 7.99. The molecule has 1 fully saturated rings. The Labute approximate surface area is 174 Å². The summed E-state index contributed by atoms with van der Waals surface area (Å²) in [5, 5.41) is 11.6. The van der Waals surface area contributed by atoms with Crippen molar-refractivity contribution in [1.29, 1.82) is 0 Å². The number of nitro groups is 1. The number of carbonyl (C=O) groups is 3. The minimum Gasteiger partial charge on any atom is -0.452 e. The Hall–Kier alpha value is -2.91. The molecule has 0 radical (unpaired) electrons. The van der Waals surface area contributed by atoms with E-state index < -0.39 is 23.4 Å². The Balaban J connectivity index is 1.79. The summed E-state index contributed by atoms with van der Waals surface area (Å²) in [6.07, 6.45) is 0.859. The molecule has 0 N–H and O–H groups in total. The molecule has 0 saturated carbocycles. The van der Waals surface area contributed by atoms with Crippen LogP contribution in [0.5, 0.6) is 0 Å². The first-order valence-electron chi connectivity index (χ1n) is 8.57. The van der Waals surface area contributed by atoms with Crippen LogP contribution >= 0.6 is 23.4 Å². The van der Waals surface area contributed by atoms with Crippen molar-refractivity contribution >= 4 is 46.8 Å². The molecule has 1 heterocycles. The fourth-order valence-electron chi connectivity index (χ4n) is 2.70. The number of halogens is 1. The number of carbonyl (C=O) groups excluding carboxylic acids is 3. The lowest BCUT2D eigenvalue weighted by atomic mass is 10.2. The summed E-state index contributed by atoms with van der Waals surface area (Å²) in [5.74, 6) is -1.80. The van der Waals surface area contributed by atoms with Crippen LogP contribution in [0.15, 0.2) is 52.3 Å². The van der Waals surface area contributed by atoms with Gasteiger partial charge in [0.25, 0.3) is 11.6 Å². The number of nitrogens with zero attached hydrogens (tertiary/aromatic N) is 2. The van der Waals surface area contributed by atoms with Crippen LogP contribution in [-0.4, -0.2) is 40.8 Å². The average molecular weight is 435 g/mol. The van der Waals surface area contributed by atoms with E-state index in [1.165, 1.54) is 23.9 Å². The zero-order valence-electron chi connectivity index (χ0n) is 15.0. The molecule has 10 heteroatoms. The Bertz CT molecular complexity index is 979. The molecule has 0 aliphatic carbocycles. The number of nitro benzene ring substituents is 1. The van der Waals surface area contributed by atoms with Gasteiger partial charge >= 0.3 is 5.97 Å². The number of esters is 1. The first kappa shape index (κ1) is 20.8. The molecule has 1 saturated heterocycles. The molecule has 2 aromatic carbocycles. The number of imide groups is 1. The molecular weight excluding hydrogens is 420 g/mol. The zero-order chi connectivity index (χ0) is 21.0. The van der Waals surface area contributed by atoms with Crippen LogP contribution in [0.25, 0.3) is 0 Å². The highest BCUT2D eigenvalue weighted by Gasteiger charge is 2.27. The predicted molar refractivity (Wildman–Crippen MR) is 105 cm³/mol. The first-order valence-corrected chi connectivity index (χ1v) is 9.77. The van der Waals surface area contributed by atoms with Crippen molar-refractivity contribution in [3.63, 3.8) is 0 Å². The van der Waals surface area contributed by atoms with E-state index in [1.807, 2.05) is 0 Å². The third-order valence-corrected chi connectivity index (χ3v) is 5.47. The Kier molecular flexibility index (Phi) is 6.50. The summed E-state index contributed by atoms with van der Waals surface area (Å²) in [4.78, 5) is 48.9. The lowest BCUT2D eigenvalue weighted by Gasteiger charge is -2.14. The Morgan fingerprint density at radius 1 is 1.21 bits per heavy atom. The summed E-state index contributed by atoms with van der Waals surface area (Å²) >= 11 is 7.07. The van der Waals surface area contributed by atoms with E-state index in [0.717, 1.165) is 15.9 Å². The Morgan fingerprint density at radius 3 is 2.55 bits per heavy atom. The van der Waals surface area contributed by atoms with E-state index >= 15 is 0 Å². The van der Waals surface area contributed by atoms with Crippen LogP contribution in [0.3, 0.4) is 0 Å². The van der Waals surface area contributed by atoms with Crippen LogP contribution in [0.1, 0.15) is 23.2 Å². The second-order valence-corrected chi connectivity index (χ2v) is 7.66. The molecule has 0 aromatic heterocycles. The van der Waals surface area contributed by atoms with Crippen LogP contribution < -0.4 is 0 Å². The molecule has 150 valence electrons. The van der Waals surface area contributed by atoms with E-state index in [9.17, 15) is 24.5 Å². The minimum absolute atomic E-state index is 0.0419. The van der Waals surface area contributed by atoms with Gasteiger partial charge in [-0.1, -0.05) is 23.4 Å². The van der Waals surface area contributed by atoms with Gasteiger partial charge < -0.3 is 4.74 Å². The van der Waals surface area contributed by atoms with E-state index in [2.05, 4.69) is 0 Å². The molecular formula is C19H15ClN2O6S. The monoisotopic (exact) mass is 434 g/mol. The first-order chi connectivity index (χ1) is 13.8. The molecule has 0 unspecified atom stereocenters. The summed E-state index contributed by atoms with van der Waals surface area (Å²) in [6.45, 7) is -0.317. The molecule has 29 heavy (non-hydrogen) atoms. The highest BCUT2D eigenvalue weighted by atomic mass is 35.5. The zero-order valence-corrected chi connectivity index (χ0v) is 16.6. The number of benzene rings is 2. The second-order valence-electron chi connectivity index (χ2n) is 6.11. The normalized spacial score (nSPS) is 13.4. The van der Waals surface area contributed by atoms with Gasteiger partial charge in [0.1, 0.15) is 0 Å². The minimum atomic E-state index is -0.884. The lowest BCUT2D eigenvalue weighted by Crippen LogP contribution is -2.35. The van der Waals surface area contributed by atoms with Crippen LogP contribution in [-0.2, 0) is 14.3 Å². The van der Waals surface area contributed by atoms with Gasteiger partial charge in [0, 0.05) is 39.9 Å². The summed E-state index contributed by atoms with van der Waals surface area (Å²) in [5.41, 5.74) is -0.321. The van der Waals surface area contributed by atoms with Gasteiger partial charge in [-0.15, -0.1) is 0 Å². The summed E-state index contributed by atoms with van der Waals surface area (Å²) in [7, 11) is 0. The molecule has 3 rings (SSSR count). The molecule has 0 bridgehead atoms. The third-order valence-electron chi connectivity index (χ3n) is 4.14. The van der Waals surface area contributed by atoms with Crippen LogP contribution in [0.4, 0.5) is 5.69 Å².